The van der Waals surface area contributed by atoms with E-state index in [9.17, 15) is 4.79 Å². The van der Waals surface area contributed by atoms with E-state index in [4.69, 9.17) is 14.5 Å². The van der Waals surface area contributed by atoms with E-state index < -0.39 is 0 Å². The molecule has 1 aliphatic heterocycles. The van der Waals surface area contributed by atoms with Crippen LogP contribution < -0.4 is 14.9 Å². The Morgan fingerprint density at radius 1 is 1.43 bits per heavy atom. The standard InChI is InChI=1S/C22H25N5O3/c1-13-7-17(16-8-19(21(29-4)24-10-16)30-12-15-5-6-15)26-18-11-27(22(28)20(13)18)14(2)9-25-23-3/h7-10,15,25H,3,5-6,11-12H2,1-2,4H3/b14-9+. The second-order valence-electron chi connectivity index (χ2n) is 7.60. The van der Waals surface area contributed by atoms with Gasteiger partial charge in [-0.15, -0.1) is 0 Å². The van der Waals surface area contributed by atoms with E-state index in [0.29, 0.717) is 36.3 Å². The summed E-state index contributed by atoms with van der Waals surface area (Å²) in [5.74, 6) is 1.63. The van der Waals surface area contributed by atoms with E-state index in [1.807, 2.05) is 26.0 Å². The van der Waals surface area contributed by atoms with Gasteiger partial charge in [0.05, 0.1) is 37.2 Å². The first kappa shape index (κ1) is 19.9. The van der Waals surface area contributed by atoms with Gasteiger partial charge in [-0.05, 0) is 50.3 Å². The van der Waals surface area contributed by atoms with E-state index in [0.717, 1.165) is 28.2 Å². The van der Waals surface area contributed by atoms with Crippen molar-refractivity contribution in [1.29, 1.82) is 0 Å². The van der Waals surface area contributed by atoms with Crippen LogP contribution in [-0.4, -0.2) is 41.2 Å². The number of nitrogens with zero attached hydrogens (tertiary/aromatic N) is 4. The van der Waals surface area contributed by atoms with Gasteiger partial charge in [0.15, 0.2) is 5.75 Å². The SMILES string of the molecule is C=NN/C=C(\C)N1Cc2nc(-c3cnc(OC)c(OCC4CC4)c3)cc(C)c2C1=O. The number of pyridine rings is 2. The fraction of sp³-hybridized carbons (Fsp3) is 0.364. The van der Waals surface area contributed by atoms with E-state index in [1.165, 1.54) is 12.8 Å². The van der Waals surface area contributed by atoms with Crippen LogP contribution in [0, 0.1) is 12.8 Å². The van der Waals surface area contributed by atoms with Crippen LogP contribution in [0.1, 0.15) is 41.4 Å². The first-order valence-corrected chi connectivity index (χ1v) is 9.89. The summed E-state index contributed by atoms with van der Waals surface area (Å²) in [6, 6.07) is 3.82. The number of aromatic nitrogens is 2. The van der Waals surface area contributed by atoms with Crippen molar-refractivity contribution in [2.45, 2.75) is 33.2 Å². The topological polar surface area (TPSA) is 88.9 Å². The number of hydrogen-bond donors (Lipinski definition) is 1. The third-order valence-electron chi connectivity index (χ3n) is 5.33. The molecule has 8 nitrogen and oxygen atoms in total. The zero-order valence-corrected chi connectivity index (χ0v) is 17.4. The van der Waals surface area contributed by atoms with Gasteiger partial charge in [-0.25, -0.2) is 4.98 Å². The highest BCUT2D eigenvalue weighted by Gasteiger charge is 2.32. The van der Waals surface area contributed by atoms with Crippen LogP contribution in [0.25, 0.3) is 11.3 Å². The molecule has 0 saturated heterocycles. The van der Waals surface area contributed by atoms with Gasteiger partial charge >= 0.3 is 0 Å². The highest BCUT2D eigenvalue weighted by molar-refractivity contribution is 6.00. The zero-order valence-electron chi connectivity index (χ0n) is 17.4. The summed E-state index contributed by atoms with van der Waals surface area (Å²) in [6.07, 6.45) is 5.77. The van der Waals surface area contributed by atoms with Crippen LogP contribution in [-0.2, 0) is 6.54 Å². The molecular weight excluding hydrogens is 382 g/mol. The molecule has 1 saturated carbocycles. The summed E-state index contributed by atoms with van der Waals surface area (Å²) < 4.78 is 11.3. The van der Waals surface area contributed by atoms with Crippen molar-refractivity contribution in [3.8, 4) is 22.9 Å². The zero-order chi connectivity index (χ0) is 21.3. The van der Waals surface area contributed by atoms with Crippen molar-refractivity contribution in [2.75, 3.05) is 13.7 Å². The van der Waals surface area contributed by atoms with Crippen LogP contribution in [0.15, 0.2) is 35.3 Å². The predicted molar refractivity (Wildman–Crippen MR) is 113 cm³/mol. The number of amides is 1. The van der Waals surface area contributed by atoms with Gasteiger partial charge in [0.2, 0.25) is 0 Å². The lowest BCUT2D eigenvalue weighted by atomic mass is 10.0. The Bertz CT molecular complexity index is 1030. The van der Waals surface area contributed by atoms with Crippen molar-refractivity contribution in [1.82, 2.24) is 20.3 Å². The van der Waals surface area contributed by atoms with Crippen LogP contribution in [0.2, 0.25) is 0 Å². The smallest absolute Gasteiger partial charge is 0.260 e. The van der Waals surface area contributed by atoms with Gasteiger partial charge in [-0.1, -0.05) is 0 Å². The minimum absolute atomic E-state index is 0.0672. The van der Waals surface area contributed by atoms with E-state index in [2.05, 4.69) is 22.2 Å². The number of nitrogens with one attached hydrogen (secondary N) is 1. The van der Waals surface area contributed by atoms with Gasteiger partial charge < -0.3 is 14.4 Å². The molecule has 30 heavy (non-hydrogen) atoms. The molecule has 0 spiro atoms. The van der Waals surface area contributed by atoms with Crippen LogP contribution >= 0.6 is 0 Å². The molecule has 3 heterocycles. The van der Waals surface area contributed by atoms with E-state index >= 15 is 0 Å². The summed E-state index contributed by atoms with van der Waals surface area (Å²) in [6.45, 7) is 8.21. The van der Waals surface area contributed by atoms with Crippen molar-refractivity contribution >= 4 is 12.6 Å². The van der Waals surface area contributed by atoms with Crippen molar-refractivity contribution in [3.63, 3.8) is 0 Å². The van der Waals surface area contributed by atoms with Gasteiger partial charge in [0.1, 0.15) is 0 Å². The molecule has 8 heteroatoms. The molecule has 0 bridgehead atoms. The highest BCUT2D eigenvalue weighted by atomic mass is 16.5. The normalized spacial score (nSPS) is 15.8. The monoisotopic (exact) mass is 407 g/mol. The first-order valence-electron chi connectivity index (χ1n) is 9.89. The molecule has 2 aromatic rings. The number of allylic oxidation sites excluding steroid dienone is 1. The van der Waals surface area contributed by atoms with E-state index in [-0.39, 0.29) is 5.91 Å². The number of rotatable bonds is 8. The Hall–Kier alpha value is -3.42. The number of hydrazone groups is 1. The van der Waals surface area contributed by atoms with Crippen molar-refractivity contribution in [2.24, 2.45) is 11.0 Å². The third-order valence-corrected chi connectivity index (χ3v) is 5.33. The Labute approximate surface area is 175 Å². The third kappa shape index (κ3) is 3.85. The van der Waals surface area contributed by atoms with Gasteiger partial charge in [0.25, 0.3) is 11.8 Å². The lowest BCUT2D eigenvalue weighted by Gasteiger charge is -2.15. The van der Waals surface area contributed by atoms with Gasteiger partial charge in [0, 0.05) is 30.4 Å². The van der Waals surface area contributed by atoms with Crippen LogP contribution in [0.5, 0.6) is 11.6 Å². The largest absolute Gasteiger partial charge is 0.488 e. The molecule has 0 atom stereocenters. The average Bonchev–Trinajstić information content (AvgIpc) is 3.52. The Kier molecular flexibility index (Phi) is 5.39. The molecule has 0 aromatic carbocycles. The first-order chi connectivity index (χ1) is 14.5. The number of ether oxygens (including phenoxy) is 2. The number of fused-ring (bicyclic) bond motifs is 1. The maximum absolute atomic E-state index is 12.9. The molecule has 1 fully saturated rings. The molecule has 156 valence electrons. The maximum Gasteiger partial charge on any atom is 0.260 e. The lowest BCUT2D eigenvalue weighted by Crippen LogP contribution is -2.23. The summed E-state index contributed by atoms with van der Waals surface area (Å²) in [7, 11) is 1.58. The van der Waals surface area contributed by atoms with Gasteiger partial charge in [-0.2, -0.15) is 5.10 Å². The Balaban J connectivity index is 1.65. The van der Waals surface area contributed by atoms with Gasteiger partial charge in [-0.3, -0.25) is 15.2 Å². The fourth-order valence-electron chi connectivity index (χ4n) is 3.47. The molecule has 1 amide bonds. The number of methoxy groups -OCH3 is 1. The number of hydrogen-bond acceptors (Lipinski definition) is 7. The summed E-state index contributed by atoms with van der Waals surface area (Å²) >= 11 is 0. The summed E-state index contributed by atoms with van der Waals surface area (Å²) in [5.41, 5.74) is 7.25. The fourth-order valence-corrected chi connectivity index (χ4v) is 3.47. The number of carbonyl (C=O) groups is 1. The summed E-state index contributed by atoms with van der Waals surface area (Å²) in [4.78, 5) is 23.7. The highest BCUT2D eigenvalue weighted by Crippen LogP contribution is 2.35. The van der Waals surface area contributed by atoms with Crippen LogP contribution in [0.3, 0.4) is 0 Å². The molecular formula is C22H25N5O3. The number of aryl methyl sites for hydroxylation is 1. The molecule has 2 aromatic heterocycles. The summed E-state index contributed by atoms with van der Waals surface area (Å²) in [5, 5.41) is 3.59. The predicted octanol–water partition coefficient (Wildman–Crippen LogP) is 3.27. The molecule has 2 aliphatic rings. The minimum atomic E-state index is -0.0672. The minimum Gasteiger partial charge on any atom is -0.488 e. The lowest BCUT2D eigenvalue weighted by molar-refractivity contribution is 0.0825. The van der Waals surface area contributed by atoms with Crippen molar-refractivity contribution < 1.29 is 14.3 Å². The second-order valence-corrected chi connectivity index (χ2v) is 7.60. The Morgan fingerprint density at radius 2 is 2.23 bits per heavy atom. The average molecular weight is 407 g/mol. The van der Waals surface area contributed by atoms with E-state index in [1.54, 1.807) is 24.4 Å². The molecule has 1 N–H and O–H groups in total. The quantitative estimate of drug-likeness (QED) is 0.534. The molecule has 1 aliphatic carbocycles. The Morgan fingerprint density at radius 3 is 2.93 bits per heavy atom. The molecule has 4 rings (SSSR count). The number of carbonyl (C=O) groups excluding carboxylic acids is 1. The maximum atomic E-state index is 12.9. The molecule has 0 unspecified atom stereocenters. The molecule has 0 radical (unpaired) electrons. The van der Waals surface area contributed by atoms with Crippen LogP contribution in [0.4, 0.5) is 0 Å². The van der Waals surface area contributed by atoms with Crippen molar-refractivity contribution in [3.05, 3.63) is 47.0 Å². The second kappa shape index (κ2) is 8.14.